The molecule has 1 aromatic rings. The van der Waals surface area contributed by atoms with E-state index in [9.17, 15) is 19.8 Å². The second-order valence-electron chi connectivity index (χ2n) is 3.77. The number of hydrogen-bond acceptors (Lipinski definition) is 6. The lowest BCUT2D eigenvalue weighted by Gasteiger charge is -2.27. The summed E-state index contributed by atoms with van der Waals surface area (Å²) in [6.45, 7) is 1.13. The molecule has 0 aliphatic rings. The van der Waals surface area contributed by atoms with Crippen molar-refractivity contribution < 1.29 is 29.3 Å². The van der Waals surface area contributed by atoms with Gasteiger partial charge in [0.15, 0.2) is 0 Å². The van der Waals surface area contributed by atoms with Crippen LogP contribution >= 0.6 is 0 Å². The van der Waals surface area contributed by atoms with Gasteiger partial charge in [-0.3, -0.25) is 4.79 Å². The lowest BCUT2D eigenvalue weighted by atomic mass is 10.1. The summed E-state index contributed by atoms with van der Waals surface area (Å²) in [7, 11) is 1.08. The first-order valence-electron chi connectivity index (χ1n) is 5.13. The summed E-state index contributed by atoms with van der Waals surface area (Å²) in [5.41, 5.74) is 0.440. The van der Waals surface area contributed by atoms with Gasteiger partial charge in [0.2, 0.25) is 11.9 Å². The van der Waals surface area contributed by atoms with E-state index in [0.29, 0.717) is 11.8 Å². The van der Waals surface area contributed by atoms with Crippen LogP contribution in [0.1, 0.15) is 17.3 Å². The van der Waals surface area contributed by atoms with Gasteiger partial charge in [-0.1, -0.05) is 0 Å². The Morgan fingerprint density at radius 2 is 1.94 bits per heavy atom. The van der Waals surface area contributed by atoms with Crippen LogP contribution in [0.2, 0.25) is 0 Å². The molecule has 6 heteroatoms. The summed E-state index contributed by atoms with van der Waals surface area (Å²) in [5, 5.41) is 19.3. The molecule has 0 spiro atoms. The Kier molecular flexibility index (Phi) is 4.41. The molecule has 6 nitrogen and oxygen atoms in total. The van der Waals surface area contributed by atoms with E-state index in [4.69, 9.17) is 4.74 Å². The molecule has 2 unspecified atom stereocenters. The molecule has 98 valence electrons. The minimum Gasteiger partial charge on any atom is -0.467 e. The third-order valence-electron chi connectivity index (χ3n) is 2.27. The van der Waals surface area contributed by atoms with Gasteiger partial charge in [-0.05, 0) is 24.3 Å². The molecule has 2 atom stereocenters. The number of carbonyl (C=O) groups is 2. The molecule has 0 amide bonds. The van der Waals surface area contributed by atoms with Crippen molar-refractivity contribution in [3.8, 4) is 5.75 Å². The number of esters is 1. The predicted molar refractivity (Wildman–Crippen MR) is 61.1 cm³/mol. The van der Waals surface area contributed by atoms with Crippen molar-refractivity contribution in [1.82, 2.24) is 0 Å². The average Bonchev–Trinajstić information content (AvgIpc) is 2.37. The van der Waals surface area contributed by atoms with Gasteiger partial charge in [0.25, 0.3) is 0 Å². The Labute approximate surface area is 104 Å². The SMILES string of the molecule is COC(=O)C(O)C(C)(O)Oc1ccc(C=O)cc1. The first-order chi connectivity index (χ1) is 8.40. The van der Waals surface area contributed by atoms with E-state index < -0.39 is 17.9 Å². The number of rotatable bonds is 5. The standard InChI is InChI=1S/C12H14O6/c1-12(16,10(14)11(15)17-2)18-9-5-3-8(7-13)4-6-9/h3-7,10,14,16H,1-2H3. The van der Waals surface area contributed by atoms with E-state index in [-0.39, 0.29) is 5.75 Å². The van der Waals surface area contributed by atoms with Gasteiger partial charge in [0.1, 0.15) is 12.0 Å². The van der Waals surface area contributed by atoms with Crippen LogP contribution < -0.4 is 4.74 Å². The Morgan fingerprint density at radius 3 is 2.39 bits per heavy atom. The number of aliphatic hydroxyl groups is 2. The number of aliphatic hydroxyl groups excluding tert-OH is 1. The number of aldehydes is 1. The second-order valence-corrected chi connectivity index (χ2v) is 3.77. The number of ether oxygens (including phenoxy) is 2. The zero-order valence-corrected chi connectivity index (χ0v) is 9.99. The van der Waals surface area contributed by atoms with Gasteiger partial charge in [-0.2, -0.15) is 0 Å². The molecule has 2 N–H and O–H groups in total. The molecule has 0 radical (unpaired) electrons. The zero-order chi connectivity index (χ0) is 13.8. The monoisotopic (exact) mass is 254 g/mol. The summed E-state index contributed by atoms with van der Waals surface area (Å²) < 4.78 is 9.37. The van der Waals surface area contributed by atoms with Crippen LogP contribution in [-0.2, 0) is 9.53 Å². The summed E-state index contributed by atoms with van der Waals surface area (Å²) in [6.07, 6.45) is -1.18. The van der Waals surface area contributed by atoms with Crippen molar-refractivity contribution in [3.63, 3.8) is 0 Å². The maximum atomic E-state index is 11.1. The highest BCUT2D eigenvalue weighted by Crippen LogP contribution is 2.20. The maximum Gasteiger partial charge on any atom is 0.341 e. The second kappa shape index (κ2) is 5.61. The normalized spacial score (nSPS) is 15.3. The topological polar surface area (TPSA) is 93.1 Å². The van der Waals surface area contributed by atoms with Crippen LogP contribution in [-0.4, -0.2) is 41.5 Å². The summed E-state index contributed by atoms with van der Waals surface area (Å²) >= 11 is 0. The van der Waals surface area contributed by atoms with Crippen LogP contribution in [0.25, 0.3) is 0 Å². The molecular formula is C12H14O6. The zero-order valence-electron chi connectivity index (χ0n) is 9.99. The minimum absolute atomic E-state index is 0.202. The van der Waals surface area contributed by atoms with Crippen LogP contribution in [0.5, 0.6) is 5.75 Å². The molecule has 0 saturated heterocycles. The quantitative estimate of drug-likeness (QED) is 0.440. The third kappa shape index (κ3) is 3.28. The van der Waals surface area contributed by atoms with E-state index in [1.54, 1.807) is 0 Å². The Balaban J connectivity index is 2.80. The Hall–Kier alpha value is -1.92. The summed E-state index contributed by atoms with van der Waals surface area (Å²) in [6, 6.07) is 5.82. The molecule has 0 aliphatic carbocycles. The highest BCUT2D eigenvalue weighted by atomic mass is 16.6. The molecule has 18 heavy (non-hydrogen) atoms. The molecule has 0 aliphatic heterocycles. The third-order valence-corrected chi connectivity index (χ3v) is 2.27. The van der Waals surface area contributed by atoms with Crippen molar-refractivity contribution in [1.29, 1.82) is 0 Å². The molecule has 1 aromatic carbocycles. The van der Waals surface area contributed by atoms with Crippen LogP contribution in [0.3, 0.4) is 0 Å². The molecule has 0 aromatic heterocycles. The van der Waals surface area contributed by atoms with Gasteiger partial charge in [0.05, 0.1) is 7.11 Å². The number of methoxy groups -OCH3 is 1. The van der Waals surface area contributed by atoms with E-state index >= 15 is 0 Å². The van der Waals surface area contributed by atoms with Crippen molar-refractivity contribution >= 4 is 12.3 Å². The molecule has 0 saturated carbocycles. The number of benzene rings is 1. The molecule has 0 bridgehead atoms. The van der Waals surface area contributed by atoms with E-state index in [2.05, 4.69) is 4.74 Å². The highest BCUT2D eigenvalue weighted by Gasteiger charge is 2.39. The van der Waals surface area contributed by atoms with Gasteiger partial charge < -0.3 is 19.7 Å². The Morgan fingerprint density at radius 1 is 1.39 bits per heavy atom. The van der Waals surface area contributed by atoms with Crippen LogP contribution in [0, 0.1) is 0 Å². The van der Waals surface area contributed by atoms with Crippen molar-refractivity contribution in [2.45, 2.75) is 18.8 Å². The first-order valence-corrected chi connectivity index (χ1v) is 5.13. The largest absolute Gasteiger partial charge is 0.467 e. The van der Waals surface area contributed by atoms with Gasteiger partial charge in [-0.15, -0.1) is 0 Å². The van der Waals surface area contributed by atoms with Crippen molar-refractivity contribution in [2.24, 2.45) is 0 Å². The first kappa shape index (κ1) is 14.1. The lowest BCUT2D eigenvalue weighted by molar-refractivity contribution is -0.208. The van der Waals surface area contributed by atoms with E-state index in [1.165, 1.54) is 24.3 Å². The molecule has 0 heterocycles. The maximum absolute atomic E-state index is 11.1. The molecule has 0 fully saturated rings. The average molecular weight is 254 g/mol. The van der Waals surface area contributed by atoms with Gasteiger partial charge in [-0.25, -0.2) is 4.79 Å². The van der Waals surface area contributed by atoms with Crippen LogP contribution in [0.4, 0.5) is 0 Å². The Bertz CT molecular complexity index is 423. The van der Waals surface area contributed by atoms with Gasteiger partial charge in [0, 0.05) is 12.5 Å². The fourth-order valence-corrected chi connectivity index (χ4v) is 1.24. The fourth-order valence-electron chi connectivity index (χ4n) is 1.24. The highest BCUT2D eigenvalue weighted by molar-refractivity contribution is 5.75. The molecular weight excluding hydrogens is 240 g/mol. The van der Waals surface area contributed by atoms with Crippen molar-refractivity contribution in [3.05, 3.63) is 29.8 Å². The minimum atomic E-state index is -2.13. The number of carbonyl (C=O) groups excluding carboxylic acids is 2. The van der Waals surface area contributed by atoms with Crippen LogP contribution in [0.15, 0.2) is 24.3 Å². The number of hydrogen-bond donors (Lipinski definition) is 2. The lowest BCUT2D eigenvalue weighted by Crippen LogP contribution is -2.49. The van der Waals surface area contributed by atoms with E-state index in [0.717, 1.165) is 14.0 Å². The fraction of sp³-hybridized carbons (Fsp3) is 0.333. The van der Waals surface area contributed by atoms with E-state index in [1.807, 2.05) is 0 Å². The predicted octanol–water partition coefficient (Wildman–Crippen LogP) is 0.120. The molecule has 1 rings (SSSR count). The van der Waals surface area contributed by atoms with Gasteiger partial charge >= 0.3 is 5.97 Å². The van der Waals surface area contributed by atoms with Crippen molar-refractivity contribution in [2.75, 3.05) is 7.11 Å². The smallest absolute Gasteiger partial charge is 0.341 e. The summed E-state index contributed by atoms with van der Waals surface area (Å²) in [4.78, 5) is 21.5. The summed E-state index contributed by atoms with van der Waals surface area (Å²) in [5.74, 6) is -2.94.